The molecule has 1 fully saturated rings. The lowest BCUT2D eigenvalue weighted by atomic mass is 10.2. The lowest BCUT2D eigenvalue weighted by Crippen LogP contribution is -2.47. The summed E-state index contributed by atoms with van der Waals surface area (Å²) in [7, 11) is -2.98. The maximum absolute atomic E-state index is 12.0. The standard InChI is InChI=1S/C14H18N2O5S/c17-14(16-3-7-22(18,19)8-4-16)15-10-11-1-2-12-13(9-11)21-6-5-20-12/h1-2,9H,3-8,10H2,(H,15,17). The number of amides is 2. The number of hydrogen-bond donors (Lipinski definition) is 1. The number of nitrogens with zero attached hydrogens (tertiary/aromatic N) is 1. The first kappa shape index (κ1) is 15.0. The van der Waals surface area contributed by atoms with E-state index < -0.39 is 9.84 Å². The van der Waals surface area contributed by atoms with Crippen LogP contribution in [0, 0.1) is 0 Å². The summed E-state index contributed by atoms with van der Waals surface area (Å²) in [4.78, 5) is 13.6. The summed E-state index contributed by atoms with van der Waals surface area (Å²) >= 11 is 0. The number of carbonyl (C=O) groups is 1. The first-order valence-electron chi connectivity index (χ1n) is 7.15. The highest BCUT2D eigenvalue weighted by atomic mass is 32.2. The third kappa shape index (κ3) is 3.44. The molecule has 8 heteroatoms. The van der Waals surface area contributed by atoms with Crippen molar-refractivity contribution in [2.45, 2.75) is 6.54 Å². The van der Waals surface area contributed by atoms with Crippen molar-refractivity contribution < 1.29 is 22.7 Å². The molecule has 1 aromatic rings. The van der Waals surface area contributed by atoms with Gasteiger partial charge in [0, 0.05) is 19.6 Å². The number of sulfone groups is 1. The molecule has 0 aliphatic carbocycles. The number of benzene rings is 1. The van der Waals surface area contributed by atoms with Crippen molar-refractivity contribution in [2.24, 2.45) is 0 Å². The van der Waals surface area contributed by atoms with Crippen LogP contribution in [-0.4, -0.2) is 57.2 Å². The largest absolute Gasteiger partial charge is 0.486 e. The third-order valence-electron chi connectivity index (χ3n) is 3.68. The lowest BCUT2D eigenvalue weighted by Gasteiger charge is -2.27. The fourth-order valence-electron chi connectivity index (χ4n) is 2.40. The maximum Gasteiger partial charge on any atom is 0.317 e. The third-order valence-corrected chi connectivity index (χ3v) is 5.29. The van der Waals surface area contributed by atoms with Gasteiger partial charge in [-0.15, -0.1) is 0 Å². The molecule has 2 heterocycles. The molecule has 1 aromatic carbocycles. The van der Waals surface area contributed by atoms with Gasteiger partial charge < -0.3 is 19.7 Å². The topological polar surface area (TPSA) is 84.9 Å². The van der Waals surface area contributed by atoms with Gasteiger partial charge in [-0.3, -0.25) is 0 Å². The molecule has 2 aliphatic rings. The van der Waals surface area contributed by atoms with Gasteiger partial charge in [-0.2, -0.15) is 0 Å². The molecule has 3 rings (SSSR count). The van der Waals surface area contributed by atoms with E-state index in [9.17, 15) is 13.2 Å². The average molecular weight is 326 g/mol. The molecule has 0 unspecified atom stereocenters. The Morgan fingerprint density at radius 2 is 1.82 bits per heavy atom. The quantitative estimate of drug-likeness (QED) is 0.850. The van der Waals surface area contributed by atoms with Crippen molar-refractivity contribution in [2.75, 3.05) is 37.8 Å². The number of nitrogens with one attached hydrogen (secondary N) is 1. The van der Waals surface area contributed by atoms with E-state index in [-0.39, 0.29) is 30.6 Å². The Kier molecular flexibility index (Phi) is 4.10. The maximum atomic E-state index is 12.0. The van der Waals surface area contributed by atoms with Crippen LogP contribution in [0.4, 0.5) is 4.79 Å². The Hall–Kier alpha value is -1.96. The first-order chi connectivity index (χ1) is 10.5. The van der Waals surface area contributed by atoms with E-state index in [1.807, 2.05) is 18.2 Å². The second-order valence-corrected chi connectivity index (χ2v) is 7.58. The highest BCUT2D eigenvalue weighted by molar-refractivity contribution is 7.91. The van der Waals surface area contributed by atoms with Crippen molar-refractivity contribution >= 4 is 15.9 Å². The highest BCUT2D eigenvalue weighted by Crippen LogP contribution is 2.30. The van der Waals surface area contributed by atoms with Crippen LogP contribution >= 0.6 is 0 Å². The molecule has 0 atom stereocenters. The van der Waals surface area contributed by atoms with Gasteiger partial charge in [0.15, 0.2) is 21.3 Å². The zero-order valence-electron chi connectivity index (χ0n) is 12.1. The van der Waals surface area contributed by atoms with Crippen LogP contribution in [0.5, 0.6) is 11.5 Å². The Balaban J connectivity index is 1.55. The minimum atomic E-state index is -2.98. The number of rotatable bonds is 2. The Bertz CT molecular complexity index is 660. The van der Waals surface area contributed by atoms with Gasteiger partial charge in [0.1, 0.15) is 13.2 Å². The molecule has 1 saturated heterocycles. The molecular weight excluding hydrogens is 308 g/mol. The van der Waals surface area contributed by atoms with E-state index in [0.717, 1.165) is 5.56 Å². The zero-order chi connectivity index (χ0) is 15.6. The van der Waals surface area contributed by atoms with Gasteiger partial charge in [0.2, 0.25) is 0 Å². The van der Waals surface area contributed by atoms with E-state index in [0.29, 0.717) is 31.3 Å². The number of fused-ring (bicyclic) bond motifs is 1. The smallest absolute Gasteiger partial charge is 0.317 e. The van der Waals surface area contributed by atoms with Gasteiger partial charge in [-0.25, -0.2) is 13.2 Å². The van der Waals surface area contributed by atoms with Crippen LogP contribution < -0.4 is 14.8 Å². The molecule has 2 aliphatic heterocycles. The number of ether oxygens (including phenoxy) is 2. The SMILES string of the molecule is O=C(NCc1ccc2c(c1)OCCO2)N1CCS(=O)(=O)CC1. The van der Waals surface area contributed by atoms with Crippen LogP contribution in [-0.2, 0) is 16.4 Å². The first-order valence-corrected chi connectivity index (χ1v) is 8.97. The normalized spacial score (nSPS) is 19.5. The highest BCUT2D eigenvalue weighted by Gasteiger charge is 2.24. The van der Waals surface area contributed by atoms with Gasteiger partial charge in [-0.1, -0.05) is 6.07 Å². The summed E-state index contributed by atoms with van der Waals surface area (Å²) in [5, 5.41) is 2.80. The van der Waals surface area contributed by atoms with Gasteiger partial charge >= 0.3 is 6.03 Å². The van der Waals surface area contributed by atoms with Crippen molar-refractivity contribution in [1.82, 2.24) is 10.2 Å². The monoisotopic (exact) mass is 326 g/mol. The summed E-state index contributed by atoms with van der Waals surface area (Å²) in [6.45, 7) is 1.91. The van der Waals surface area contributed by atoms with E-state index in [1.54, 1.807) is 0 Å². The lowest BCUT2D eigenvalue weighted by molar-refractivity contribution is 0.171. The molecule has 0 aromatic heterocycles. The van der Waals surface area contributed by atoms with Crippen molar-refractivity contribution in [1.29, 1.82) is 0 Å². The van der Waals surface area contributed by atoms with E-state index >= 15 is 0 Å². The Morgan fingerprint density at radius 3 is 2.55 bits per heavy atom. The average Bonchev–Trinajstić information content (AvgIpc) is 2.52. The number of hydrogen-bond acceptors (Lipinski definition) is 5. The zero-order valence-corrected chi connectivity index (χ0v) is 12.9. The van der Waals surface area contributed by atoms with Gasteiger partial charge in [-0.05, 0) is 17.7 Å². The molecule has 0 spiro atoms. The molecule has 120 valence electrons. The summed E-state index contributed by atoms with van der Waals surface area (Å²) < 4.78 is 33.6. The van der Waals surface area contributed by atoms with Crippen molar-refractivity contribution in [3.63, 3.8) is 0 Å². The van der Waals surface area contributed by atoms with E-state index in [4.69, 9.17) is 9.47 Å². The van der Waals surface area contributed by atoms with Crippen LogP contribution in [0.1, 0.15) is 5.56 Å². The predicted octanol–water partition coefficient (Wildman–Crippen LogP) is 0.398. The van der Waals surface area contributed by atoms with Gasteiger partial charge in [0.25, 0.3) is 0 Å². The fourth-order valence-corrected chi connectivity index (χ4v) is 3.60. The molecular formula is C14H18N2O5S. The minimum absolute atomic E-state index is 0.0322. The van der Waals surface area contributed by atoms with Gasteiger partial charge in [0.05, 0.1) is 11.5 Å². The van der Waals surface area contributed by atoms with Crippen molar-refractivity contribution in [3.05, 3.63) is 23.8 Å². The van der Waals surface area contributed by atoms with Crippen LogP contribution in [0.25, 0.3) is 0 Å². The summed E-state index contributed by atoms with van der Waals surface area (Å²) in [6.07, 6.45) is 0. The molecule has 22 heavy (non-hydrogen) atoms. The second kappa shape index (κ2) is 6.04. The number of urea groups is 1. The summed E-state index contributed by atoms with van der Waals surface area (Å²) in [6, 6.07) is 5.29. The summed E-state index contributed by atoms with van der Waals surface area (Å²) in [5.41, 5.74) is 0.905. The Morgan fingerprint density at radius 1 is 1.14 bits per heavy atom. The van der Waals surface area contributed by atoms with Crippen LogP contribution in [0.3, 0.4) is 0 Å². The molecule has 0 radical (unpaired) electrons. The second-order valence-electron chi connectivity index (χ2n) is 5.28. The van der Waals surface area contributed by atoms with Crippen LogP contribution in [0.15, 0.2) is 18.2 Å². The fraction of sp³-hybridized carbons (Fsp3) is 0.500. The van der Waals surface area contributed by atoms with Crippen molar-refractivity contribution in [3.8, 4) is 11.5 Å². The molecule has 7 nitrogen and oxygen atoms in total. The van der Waals surface area contributed by atoms with Crippen LogP contribution in [0.2, 0.25) is 0 Å². The Labute approximate surface area is 129 Å². The predicted molar refractivity (Wildman–Crippen MR) is 79.9 cm³/mol. The van der Waals surface area contributed by atoms with E-state index in [1.165, 1.54) is 4.90 Å². The van der Waals surface area contributed by atoms with E-state index in [2.05, 4.69) is 5.32 Å². The molecule has 0 saturated carbocycles. The molecule has 1 N–H and O–H groups in total. The minimum Gasteiger partial charge on any atom is -0.486 e. The summed E-state index contributed by atoms with van der Waals surface area (Å²) in [5.74, 6) is 1.46. The molecule has 0 bridgehead atoms. The molecule has 2 amide bonds. The number of carbonyl (C=O) groups excluding carboxylic acids is 1.